The summed E-state index contributed by atoms with van der Waals surface area (Å²) in [5.41, 5.74) is 0.956. The molecule has 2 saturated heterocycles. The molecule has 3 heterocycles. The third kappa shape index (κ3) is 3.85. The molecule has 27 heavy (non-hydrogen) atoms. The number of anilines is 2. The van der Waals surface area contributed by atoms with E-state index in [1.165, 1.54) is 56.2 Å². The van der Waals surface area contributed by atoms with Crippen LogP contribution in [0, 0.1) is 0 Å². The Hall–Kier alpha value is -0.870. The van der Waals surface area contributed by atoms with Gasteiger partial charge in [0.25, 0.3) is 10.0 Å². The molecular formula is C17H20BrClN4O2S2. The average molecular weight is 492 g/mol. The lowest BCUT2D eigenvalue weighted by atomic mass is 9.94. The molecule has 2 aliphatic rings. The van der Waals surface area contributed by atoms with Gasteiger partial charge in [0, 0.05) is 28.1 Å². The monoisotopic (exact) mass is 490 g/mol. The summed E-state index contributed by atoms with van der Waals surface area (Å²) < 4.78 is 28.2. The molecule has 2 aromatic rings. The van der Waals surface area contributed by atoms with E-state index >= 15 is 0 Å². The van der Waals surface area contributed by atoms with Crippen molar-refractivity contribution in [1.82, 2.24) is 9.88 Å². The van der Waals surface area contributed by atoms with Crippen LogP contribution in [0.4, 0.5) is 10.8 Å². The van der Waals surface area contributed by atoms with E-state index in [-0.39, 0.29) is 10.4 Å². The Balaban J connectivity index is 1.53. The van der Waals surface area contributed by atoms with Crippen LogP contribution in [0.15, 0.2) is 33.1 Å². The summed E-state index contributed by atoms with van der Waals surface area (Å²) in [6.07, 6.45) is 6.41. The van der Waals surface area contributed by atoms with E-state index < -0.39 is 10.0 Å². The van der Waals surface area contributed by atoms with Gasteiger partial charge in [-0.2, -0.15) is 0 Å². The molecule has 1 aromatic carbocycles. The van der Waals surface area contributed by atoms with Gasteiger partial charge in [-0.05, 0) is 66.8 Å². The van der Waals surface area contributed by atoms with Crippen LogP contribution >= 0.6 is 38.9 Å². The summed E-state index contributed by atoms with van der Waals surface area (Å²) in [6.45, 7) is 3.15. The number of halogens is 2. The minimum Gasteiger partial charge on any atom is -0.382 e. The second kappa shape index (κ2) is 7.51. The zero-order valence-electron chi connectivity index (χ0n) is 14.5. The number of hydrogen-bond acceptors (Lipinski definition) is 6. The molecular weight excluding hydrogens is 472 g/mol. The topological polar surface area (TPSA) is 74.3 Å². The fourth-order valence-electron chi connectivity index (χ4n) is 4.09. The zero-order valence-corrected chi connectivity index (χ0v) is 18.5. The molecule has 0 aliphatic carbocycles. The van der Waals surface area contributed by atoms with Gasteiger partial charge in [-0.15, -0.1) is 11.3 Å². The number of nitrogens with zero attached hydrogens (tertiary/aromatic N) is 2. The van der Waals surface area contributed by atoms with E-state index in [2.05, 4.69) is 35.9 Å². The lowest BCUT2D eigenvalue weighted by Crippen LogP contribution is -2.44. The van der Waals surface area contributed by atoms with Gasteiger partial charge >= 0.3 is 0 Å². The summed E-state index contributed by atoms with van der Waals surface area (Å²) in [5.74, 6) is 0. The highest BCUT2D eigenvalue weighted by atomic mass is 79.9. The van der Waals surface area contributed by atoms with Gasteiger partial charge in [0.1, 0.15) is 4.90 Å². The van der Waals surface area contributed by atoms with Crippen molar-refractivity contribution in [2.24, 2.45) is 0 Å². The first kappa shape index (κ1) is 19.4. The fraction of sp³-hybridized carbons (Fsp3) is 0.471. The number of nitrogens with one attached hydrogen (secondary N) is 2. The molecule has 0 spiro atoms. The first-order chi connectivity index (χ1) is 12.9. The van der Waals surface area contributed by atoms with Crippen molar-refractivity contribution < 1.29 is 8.42 Å². The maximum atomic E-state index is 12.6. The van der Waals surface area contributed by atoms with E-state index in [1.54, 1.807) is 17.6 Å². The Morgan fingerprint density at radius 3 is 2.70 bits per heavy atom. The first-order valence-corrected chi connectivity index (χ1v) is 12.3. The van der Waals surface area contributed by atoms with Gasteiger partial charge in [-0.1, -0.05) is 11.6 Å². The van der Waals surface area contributed by atoms with Crippen molar-refractivity contribution in [3.8, 4) is 0 Å². The second-order valence-corrected chi connectivity index (χ2v) is 10.8. The van der Waals surface area contributed by atoms with Crippen LogP contribution in [-0.2, 0) is 10.0 Å². The maximum Gasteiger partial charge on any atom is 0.264 e. The van der Waals surface area contributed by atoms with E-state index in [1.807, 2.05) is 0 Å². The molecule has 0 unspecified atom stereocenters. The highest BCUT2D eigenvalue weighted by Gasteiger charge is 2.43. The molecule has 2 N–H and O–H groups in total. The van der Waals surface area contributed by atoms with Crippen LogP contribution in [0.3, 0.4) is 0 Å². The predicted octanol–water partition coefficient (Wildman–Crippen LogP) is 4.40. The van der Waals surface area contributed by atoms with E-state index in [9.17, 15) is 8.42 Å². The molecule has 0 bridgehead atoms. The minimum atomic E-state index is -3.77. The van der Waals surface area contributed by atoms with Gasteiger partial charge in [0.2, 0.25) is 0 Å². The third-order valence-electron chi connectivity index (χ3n) is 5.38. The Morgan fingerprint density at radius 1 is 1.30 bits per heavy atom. The maximum absolute atomic E-state index is 12.6. The van der Waals surface area contributed by atoms with Crippen LogP contribution in [0.5, 0.6) is 0 Å². The number of rotatable bonds is 6. The van der Waals surface area contributed by atoms with E-state index in [0.717, 1.165) is 12.2 Å². The summed E-state index contributed by atoms with van der Waals surface area (Å²) in [6, 6.07) is 3.21. The van der Waals surface area contributed by atoms with Gasteiger partial charge < -0.3 is 5.32 Å². The molecule has 4 rings (SSSR count). The molecule has 10 heteroatoms. The lowest BCUT2D eigenvalue weighted by molar-refractivity contribution is 0.209. The molecule has 0 saturated carbocycles. The van der Waals surface area contributed by atoms with Gasteiger partial charge in [-0.3, -0.25) is 9.62 Å². The van der Waals surface area contributed by atoms with Crippen LogP contribution in [0.1, 0.15) is 25.7 Å². The summed E-state index contributed by atoms with van der Waals surface area (Å²) >= 11 is 11.0. The number of fused-ring (bicyclic) bond motifs is 1. The lowest BCUT2D eigenvalue weighted by Gasteiger charge is -2.32. The predicted molar refractivity (Wildman–Crippen MR) is 113 cm³/mol. The second-order valence-electron chi connectivity index (χ2n) is 6.98. The van der Waals surface area contributed by atoms with Crippen molar-refractivity contribution in [1.29, 1.82) is 0 Å². The molecule has 0 amide bonds. The average Bonchev–Trinajstić information content (AvgIpc) is 3.31. The molecule has 6 nitrogen and oxygen atoms in total. The Bertz CT molecular complexity index is 927. The third-order valence-corrected chi connectivity index (χ3v) is 8.81. The molecule has 1 aromatic heterocycles. The van der Waals surface area contributed by atoms with E-state index in [4.69, 9.17) is 11.6 Å². The molecule has 2 fully saturated rings. The fourth-order valence-corrected chi connectivity index (χ4v) is 7.24. The largest absolute Gasteiger partial charge is 0.382 e. The minimum absolute atomic E-state index is 0.0924. The molecule has 2 aliphatic heterocycles. The SMILES string of the molecule is O=S(=O)(Nc1nccs1)c1cc(Cl)c(NCC23CCCN2CCC3)cc1Br. The summed E-state index contributed by atoms with van der Waals surface area (Å²) in [4.78, 5) is 6.62. The van der Waals surface area contributed by atoms with Crippen molar-refractivity contribution in [3.63, 3.8) is 0 Å². The highest BCUT2D eigenvalue weighted by molar-refractivity contribution is 9.10. The van der Waals surface area contributed by atoms with Crippen LogP contribution in [0.25, 0.3) is 0 Å². The van der Waals surface area contributed by atoms with Crippen molar-refractivity contribution >= 4 is 59.7 Å². The smallest absolute Gasteiger partial charge is 0.264 e. The number of thiazole rings is 1. The number of sulfonamides is 1. The van der Waals surface area contributed by atoms with Crippen LogP contribution in [0.2, 0.25) is 5.02 Å². The molecule has 0 atom stereocenters. The van der Waals surface area contributed by atoms with Crippen LogP contribution in [-0.4, -0.2) is 43.5 Å². The molecule has 146 valence electrons. The first-order valence-electron chi connectivity index (χ1n) is 8.80. The van der Waals surface area contributed by atoms with Gasteiger partial charge in [0.05, 0.1) is 10.7 Å². The van der Waals surface area contributed by atoms with Crippen molar-refractivity contribution in [3.05, 3.63) is 33.2 Å². The van der Waals surface area contributed by atoms with E-state index in [0.29, 0.717) is 14.6 Å². The number of benzene rings is 1. The number of hydrogen-bond donors (Lipinski definition) is 2. The van der Waals surface area contributed by atoms with Crippen LogP contribution < -0.4 is 10.0 Å². The standard InChI is InChI=1S/C17H20BrClN4O2S2/c18-12-9-14(21-11-17-3-1-6-23(17)7-2-4-17)13(19)10-15(12)27(24,25)22-16-20-5-8-26-16/h5,8-10,21H,1-4,6-7,11H2,(H,20,22). The quantitative estimate of drug-likeness (QED) is 0.626. The Morgan fingerprint density at radius 2 is 2.04 bits per heavy atom. The highest BCUT2D eigenvalue weighted by Crippen LogP contribution is 2.40. The summed E-state index contributed by atoms with van der Waals surface area (Å²) in [7, 11) is -3.77. The Labute approximate surface area is 176 Å². The molecule has 0 radical (unpaired) electrons. The van der Waals surface area contributed by atoms with Gasteiger partial charge in [-0.25, -0.2) is 13.4 Å². The Kier molecular flexibility index (Phi) is 5.41. The van der Waals surface area contributed by atoms with Crippen molar-refractivity contribution in [2.75, 3.05) is 29.7 Å². The number of aromatic nitrogens is 1. The summed E-state index contributed by atoms with van der Waals surface area (Å²) in [5, 5.41) is 5.87. The zero-order chi connectivity index (χ0) is 19.1. The normalized spacial score (nSPS) is 19.2. The van der Waals surface area contributed by atoms with Crippen molar-refractivity contribution in [2.45, 2.75) is 36.1 Å². The van der Waals surface area contributed by atoms with Gasteiger partial charge in [0.15, 0.2) is 5.13 Å².